The molecule has 1 aromatic heterocycles. The predicted octanol–water partition coefficient (Wildman–Crippen LogP) is 4.26. The average molecular weight is 359 g/mol. The number of rotatable bonds is 3. The Morgan fingerprint density at radius 3 is 2.55 bits per heavy atom. The van der Waals surface area contributed by atoms with Gasteiger partial charge in [0.1, 0.15) is 23.5 Å². The third-order valence-corrected chi connectivity index (χ3v) is 3.27. The number of pyridine rings is 1. The Bertz CT molecular complexity index is 677. The molecule has 0 bridgehead atoms. The van der Waals surface area contributed by atoms with Crippen molar-refractivity contribution < 1.29 is 8.78 Å². The third-order valence-electron chi connectivity index (χ3n) is 2.50. The zero-order valence-corrected chi connectivity index (χ0v) is 12.3. The van der Waals surface area contributed by atoms with E-state index in [0.717, 1.165) is 0 Å². The molecule has 2 aromatic rings. The van der Waals surface area contributed by atoms with E-state index in [1.54, 1.807) is 0 Å². The van der Waals surface area contributed by atoms with Crippen LogP contribution in [0.2, 0.25) is 5.02 Å². The van der Waals surface area contributed by atoms with Crippen LogP contribution in [0.4, 0.5) is 14.6 Å². The van der Waals surface area contributed by atoms with Crippen molar-refractivity contribution in [1.82, 2.24) is 4.98 Å². The molecule has 7 heteroatoms. The van der Waals surface area contributed by atoms with Gasteiger partial charge in [-0.25, -0.2) is 13.8 Å². The average Bonchev–Trinajstić information content (AvgIpc) is 2.39. The van der Waals surface area contributed by atoms with Crippen molar-refractivity contribution in [2.75, 3.05) is 5.32 Å². The molecule has 0 aliphatic carbocycles. The van der Waals surface area contributed by atoms with Crippen LogP contribution in [0.15, 0.2) is 28.7 Å². The third kappa shape index (κ3) is 3.24. The zero-order chi connectivity index (χ0) is 14.7. The van der Waals surface area contributed by atoms with Crippen molar-refractivity contribution in [3.63, 3.8) is 0 Å². The molecule has 0 spiro atoms. The standard InChI is InChI=1S/C13H7BrClF2N3/c14-7-3-10(16)8(11(17)4-7)6-19-13-2-1-9(15)12(5-18)20-13/h1-4H,6H2,(H,19,20). The van der Waals surface area contributed by atoms with Crippen LogP contribution in [0.3, 0.4) is 0 Å². The van der Waals surface area contributed by atoms with Gasteiger partial charge in [-0.2, -0.15) is 5.26 Å². The number of aromatic nitrogens is 1. The highest BCUT2D eigenvalue weighted by Gasteiger charge is 2.11. The van der Waals surface area contributed by atoms with Crippen molar-refractivity contribution >= 4 is 33.3 Å². The van der Waals surface area contributed by atoms with Gasteiger partial charge in [-0.1, -0.05) is 27.5 Å². The number of nitrogens with one attached hydrogen (secondary N) is 1. The molecule has 0 unspecified atom stereocenters. The van der Waals surface area contributed by atoms with Gasteiger partial charge >= 0.3 is 0 Å². The molecule has 1 N–H and O–H groups in total. The van der Waals surface area contributed by atoms with Crippen molar-refractivity contribution in [1.29, 1.82) is 5.26 Å². The first-order valence-corrected chi connectivity index (χ1v) is 6.62. The first kappa shape index (κ1) is 14.7. The number of hydrogen-bond donors (Lipinski definition) is 1. The maximum atomic E-state index is 13.6. The Hall–Kier alpha value is -1.71. The van der Waals surface area contributed by atoms with Gasteiger partial charge in [0, 0.05) is 16.6 Å². The predicted molar refractivity (Wildman–Crippen MR) is 75.3 cm³/mol. The van der Waals surface area contributed by atoms with Gasteiger partial charge in [0.15, 0.2) is 5.69 Å². The van der Waals surface area contributed by atoms with E-state index in [4.69, 9.17) is 16.9 Å². The first-order chi connectivity index (χ1) is 9.51. The molecular formula is C13H7BrClF2N3. The van der Waals surface area contributed by atoms with Crippen LogP contribution in [-0.4, -0.2) is 4.98 Å². The van der Waals surface area contributed by atoms with Crippen LogP contribution in [0.25, 0.3) is 0 Å². The van der Waals surface area contributed by atoms with Gasteiger partial charge in [-0.3, -0.25) is 0 Å². The van der Waals surface area contributed by atoms with E-state index in [0.29, 0.717) is 10.3 Å². The lowest BCUT2D eigenvalue weighted by atomic mass is 10.2. The molecule has 0 atom stereocenters. The second-order valence-corrected chi connectivity index (χ2v) is 5.16. The quantitative estimate of drug-likeness (QED) is 0.892. The summed E-state index contributed by atoms with van der Waals surface area (Å²) >= 11 is 8.75. The summed E-state index contributed by atoms with van der Waals surface area (Å²) in [6, 6.07) is 7.20. The highest BCUT2D eigenvalue weighted by Crippen LogP contribution is 2.21. The summed E-state index contributed by atoms with van der Waals surface area (Å²) in [5.41, 5.74) is -0.0584. The number of hydrogen-bond acceptors (Lipinski definition) is 3. The van der Waals surface area contributed by atoms with E-state index in [9.17, 15) is 8.78 Å². The Morgan fingerprint density at radius 1 is 1.30 bits per heavy atom. The number of halogens is 4. The Balaban J connectivity index is 2.20. The second kappa shape index (κ2) is 6.16. The van der Waals surface area contributed by atoms with E-state index >= 15 is 0 Å². The summed E-state index contributed by atoms with van der Waals surface area (Å²) in [4.78, 5) is 3.92. The maximum Gasteiger partial charge on any atom is 0.161 e. The van der Waals surface area contributed by atoms with Crippen LogP contribution in [-0.2, 0) is 6.54 Å². The van der Waals surface area contributed by atoms with Crippen molar-refractivity contribution in [3.05, 3.63) is 56.7 Å². The summed E-state index contributed by atoms with van der Waals surface area (Å²) in [5, 5.41) is 11.8. The summed E-state index contributed by atoms with van der Waals surface area (Å²) in [7, 11) is 0. The smallest absolute Gasteiger partial charge is 0.161 e. The van der Waals surface area contributed by atoms with E-state index in [-0.39, 0.29) is 22.8 Å². The molecule has 1 aromatic carbocycles. The van der Waals surface area contributed by atoms with Gasteiger partial charge in [0.25, 0.3) is 0 Å². The fourth-order valence-corrected chi connectivity index (χ4v) is 2.09. The summed E-state index contributed by atoms with van der Waals surface area (Å²) in [5.74, 6) is -1.02. The minimum absolute atomic E-state index is 0.0495. The van der Waals surface area contributed by atoms with Gasteiger partial charge in [0.05, 0.1) is 5.02 Å². The molecule has 1 heterocycles. The van der Waals surface area contributed by atoms with Crippen LogP contribution < -0.4 is 5.32 Å². The van der Waals surface area contributed by atoms with Gasteiger partial charge in [-0.05, 0) is 24.3 Å². The minimum atomic E-state index is -0.668. The molecule has 102 valence electrons. The van der Waals surface area contributed by atoms with E-state index < -0.39 is 11.6 Å². The summed E-state index contributed by atoms with van der Waals surface area (Å²) < 4.78 is 27.6. The van der Waals surface area contributed by atoms with Crippen LogP contribution in [0.1, 0.15) is 11.3 Å². The molecular weight excluding hydrogens is 352 g/mol. The SMILES string of the molecule is N#Cc1nc(NCc2c(F)cc(Br)cc2F)ccc1Cl. The number of anilines is 1. The fourth-order valence-electron chi connectivity index (χ4n) is 1.54. The highest BCUT2D eigenvalue weighted by molar-refractivity contribution is 9.10. The zero-order valence-electron chi connectivity index (χ0n) is 9.92. The molecule has 0 saturated carbocycles. The van der Waals surface area contributed by atoms with Crippen molar-refractivity contribution in [2.45, 2.75) is 6.54 Å². The maximum absolute atomic E-state index is 13.6. The lowest BCUT2D eigenvalue weighted by molar-refractivity contribution is 0.558. The Morgan fingerprint density at radius 2 is 1.95 bits per heavy atom. The molecule has 2 rings (SSSR count). The normalized spacial score (nSPS) is 10.2. The summed E-state index contributed by atoms with van der Waals surface area (Å²) in [6.45, 7) is -0.0928. The molecule has 0 aliphatic rings. The number of benzene rings is 1. The molecule has 0 aliphatic heterocycles. The molecule has 0 saturated heterocycles. The Labute approximate surface area is 127 Å². The van der Waals surface area contributed by atoms with Gasteiger partial charge in [0.2, 0.25) is 0 Å². The molecule has 3 nitrogen and oxygen atoms in total. The van der Waals surface area contributed by atoms with Crippen LogP contribution >= 0.6 is 27.5 Å². The van der Waals surface area contributed by atoms with Gasteiger partial charge in [-0.15, -0.1) is 0 Å². The fraction of sp³-hybridized carbons (Fsp3) is 0.0769. The molecule has 20 heavy (non-hydrogen) atoms. The van der Waals surface area contributed by atoms with Crippen molar-refractivity contribution in [2.24, 2.45) is 0 Å². The largest absolute Gasteiger partial charge is 0.366 e. The Kier molecular flexibility index (Phi) is 4.53. The monoisotopic (exact) mass is 357 g/mol. The van der Waals surface area contributed by atoms with Gasteiger partial charge < -0.3 is 5.32 Å². The number of nitrogens with zero attached hydrogens (tertiary/aromatic N) is 2. The lowest BCUT2D eigenvalue weighted by Gasteiger charge is -2.09. The van der Waals surface area contributed by atoms with Crippen LogP contribution in [0.5, 0.6) is 0 Å². The van der Waals surface area contributed by atoms with E-state index in [2.05, 4.69) is 26.2 Å². The lowest BCUT2D eigenvalue weighted by Crippen LogP contribution is -2.06. The molecule has 0 radical (unpaired) electrons. The van der Waals surface area contributed by atoms with E-state index in [1.807, 2.05) is 6.07 Å². The highest BCUT2D eigenvalue weighted by atomic mass is 79.9. The molecule has 0 fully saturated rings. The summed E-state index contributed by atoms with van der Waals surface area (Å²) in [6.07, 6.45) is 0. The first-order valence-electron chi connectivity index (χ1n) is 5.45. The van der Waals surface area contributed by atoms with Crippen LogP contribution in [0, 0.1) is 23.0 Å². The van der Waals surface area contributed by atoms with Crippen molar-refractivity contribution in [3.8, 4) is 6.07 Å². The minimum Gasteiger partial charge on any atom is -0.366 e. The second-order valence-electron chi connectivity index (χ2n) is 3.84. The number of nitriles is 1. The topological polar surface area (TPSA) is 48.7 Å². The molecule has 0 amide bonds. The van der Waals surface area contributed by atoms with E-state index in [1.165, 1.54) is 24.3 Å².